The minimum atomic E-state index is 0. The molecule has 2 heterocycles. The number of amides is 1. The van der Waals surface area contributed by atoms with E-state index in [0.29, 0.717) is 5.91 Å². The number of carbonyl (C=O) groups is 1. The van der Waals surface area contributed by atoms with Crippen LogP contribution in [0.3, 0.4) is 0 Å². The van der Waals surface area contributed by atoms with Crippen LogP contribution in [0.5, 0.6) is 0 Å². The summed E-state index contributed by atoms with van der Waals surface area (Å²) in [5, 5.41) is 3.24. The molecule has 0 aromatic heterocycles. The van der Waals surface area contributed by atoms with Gasteiger partial charge in [0.25, 0.3) is 0 Å². The molecule has 0 saturated carbocycles. The first-order valence-corrected chi connectivity index (χ1v) is 4.90. The van der Waals surface area contributed by atoms with Crippen molar-refractivity contribution in [2.45, 2.75) is 31.7 Å². The van der Waals surface area contributed by atoms with Crippen LogP contribution in [0.1, 0.15) is 25.7 Å². The van der Waals surface area contributed by atoms with Gasteiger partial charge in [-0.2, -0.15) is 0 Å². The maximum atomic E-state index is 11.7. The van der Waals surface area contributed by atoms with Gasteiger partial charge >= 0.3 is 0 Å². The summed E-state index contributed by atoms with van der Waals surface area (Å²) in [5.41, 5.74) is 0. The smallest absolute Gasteiger partial charge is 0.239 e. The van der Waals surface area contributed by atoms with E-state index >= 15 is 0 Å². The summed E-state index contributed by atoms with van der Waals surface area (Å²) in [7, 11) is 0. The molecule has 76 valence electrons. The van der Waals surface area contributed by atoms with E-state index in [1.807, 2.05) is 4.90 Å². The molecule has 0 aliphatic carbocycles. The number of carbonyl (C=O) groups excluding carboxylic acids is 1. The molecule has 2 rings (SSSR count). The van der Waals surface area contributed by atoms with Gasteiger partial charge in [0.2, 0.25) is 5.91 Å². The molecule has 3 nitrogen and oxygen atoms in total. The van der Waals surface area contributed by atoms with Crippen LogP contribution in [0.2, 0.25) is 0 Å². The average Bonchev–Trinajstić information content (AvgIpc) is 2.77. The van der Waals surface area contributed by atoms with Crippen molar-refractivity contribution < 1.29 is 4.79 Å². The van der Waals surface area contributed by atoms with Gasteiger partial charge in [-0.1, -0.05) is 0 Å². The first-order chi connectivity index (χ1) is 5.88. The van der Waals surface area contributed by atoms with Crippen molar-refractivity contribution in [1.29, 1.82) is 0 Å². The molecular weight excluding hydrogens is 188 g/mol. The normalized spacial score (nSPS) is 27.4. The Hall–Kier alpha value is -0.280. The first kappa shape index (κ1) is 10.8. The number of halogens is 1. The van der Waals surface area contributed by atoms with Gasteiger partial charge in [-0.15, -0.1) is 12.4 Å². The molecule has 2 aliphatic rings. The second kappa shape index (κ2) is 4.82. The van der Waals surface area contributed by atoms with Gasteiger partial charge in [-0.25, -0.2) is 0 Å². The molecule has 4 heteroatoms. The van der Waals surface area contributed by atoms with E-state index in [2.05, 4.69) is 5.32 Å². The summed E-state index contributed by atoms with van der Waals surface area (Å²) in [6.07, 6.45) is 4.58. The van der Waals surface area contributed by atoms with E-state index in [9.17, 15) is 4.79 Å². The van der Waals surface area contributed by atoms with Crippen molar-refractivity contribution in [3.8, 4) is 0 Å². The molecule has 1 atom stereocenters. The quantitative estimate of drug-likeness (QED) is 0.685. The van der Waals surface area contributed by atoms with Crippen LogP contribution in [-0.4, -0.2) is 36.5 Å². The zero-order chi connectivity index (χ0) is 8.39. The second-order valence-electron chi connectivity index (χ2n) is 3.68. The highest BCUT2D eigenvalue weighted by molar-refractivity contribution is 5.85. The van der Waals surface area contributed by atoms with Crippen molar-refractivity contribution in [1.82, 2.24) is 10.2 Å². The fourth-order valence-electron chi connectivity index (χ4n) is 2.05. The minimum absolute atomic E-state index is 0. The molecule has 0 bridgehead atoms. The van der Waals surface area contributed by atoms with Crippen LogP contribution >= 0.6 is 12.4 Å². The SMILES string of the molecule is Cl.O=C([C@@H]1CCCN1)N1CCCC1. The number of likely N-dealkylation sites (tertiary alicyclic amines) is 1. The van der Waals surface area contributed by atoms with Gasteiger partial charge < -0.3 is 10.2 Å². The Morgan fingerprint density at radius 1 is 1.23 bits per heavy atom. The highest BCUT2D eigenvalue weighted by Crippen LogP contribution is 2.13. The van der Waals surface area contributed by atoms with Gasteiger partial charge in [-0.05, 0) is 32.2 Å². The Morgan fingerprint density at radius 3 is 2.46 bits per heavy atom. The summed E-state index contributed by atoms with van der Waals surface area (Å²) in [6, 6.07) is 0.142. The van der Waals surface area contributed by atoms with E-state index in [-0.39, 0.29) is 18.4 Å². The highest BCUT2D eigenvalue weighted by atomic mass is 35.5. The van der Waals surface area contributed by atoms with Crippen LogP contribution in [0, 0.1) is 0 Å². The van der Waals surface area contributed by atoms with Gasteiger partial charge in [0.1, 0.15) is 0 Å². The molecule has 0 unspecified atom stereocenters. The third-order valence-corrected chi connectivity index (χ3v) is 2.78. The molecule has 0 aromatic rings. The van der Waals surface area contributed by atoms with E-state index in [4.69, 9.17) is 0 Å². The molecule has 2 saturated heterocycles. The molecule has 1 amide bonds. The monoisotopic (exact) mass is 204 g/mol. The van der Waals surface area contributed by atoms with Gasteiger partial charge in [-0.3, -0.25) is 4.79 Å². The minimum Gasteiger partial charge on any atom is -0.341 e. The van der Waals surface area contributed by atoms with Crippen molar-refractivity contribution >= 4 is 18.3 Å². The molecule has 0 aromatic carbocycles. The van der Waals surface area contributed by atoms with Crippen LogP contribution in [0.25, 0.3) is 0 Å². The topological polar surface area (TPSA) is 32.3 Å². The Balaban J connectivity index is 0.000000845. The fraction of sp³-hybridized carbons (Fsp3) is 0.889. The molecular formula is C9H17ClN2O. The number of nitrogens with zero attached hydrogens (tertiary/aromatic N) is 1. The third-order valence-electron chi connectivity index (χ3n) is 2.78. The zero-order valence-corrected chi connectivity index (χ0v) is 8.61. The van der Waals surface area contributed by atoms with E-state index < -0.39 is 0 Å². The summed E-state index contributed by atoms with van der Waals surface area (Å²) in [5.74, 6) is 0.338. The summed E-state index contributed by atoms with van der Waals surface area (Å²) >= 11 is 0. The van der Waals surface area contributed by atoms with Crippen molar-refractivity contribution in [3.05, 3.63) is 0 Å². The standard InChI is InChI=1S/C9H16N2O.ClH/c12-9(8-4-3-5-10-8)11-6-1-2-7-11;/h8,10H,1-7H2;1H/t8-;/m0./s1. The molecule has 1 N–H and O–H groups in total. The maximum Gasteiger partial charge on any atom is 0.239 e. The highest BCUT2D eigenvalue weighted by Gasteiger charge is 2.27. The Morgan fingerprint density at radius 2 is 1.92 bits per heavy atom. The lowest BCUT2D eigenvalue weighted by atomic mass is 10.2. The molecule has 0 radical (unpaired) electrons. The van der Waals surface area contributed by atoms with E-state index in [1.54, 1.807) is 0 Å². The number of hydrogen-bond donors (Lipinski definition) is 1. The molecule has 13 heavy (non-hydrogen) atoms. The fourth-order valence-corrected chi connectivity index (χ4v) is 2.05. The molecule has 2 fully saturated rings. The van der Waals surface area contributed by atoms with Gasteiger partial charge in [0.15, 0.2) is 0 Å². The average molecular weight is 205 g/mol. The lowest BCUT2D eigenvalue weighted by molar-refractivity contribution is -0.131. The maximum absolute atomic E-state index is 11.7. The van der Waals surface area contributed by atoms with Crippen LogP contribution in [-0.2, 0) is 4.79 Å². The van der Waals surface area contributed by atoms with Crippen LogP contribution in [0.15, 0.2) is 0 Å². The second-order valence-corrected chi connectivity index (χ2v) is 3.68. The number of nitrogens with one attached hydrogen (secondary N) is 1. The summed E-state index contributed by atoms with van der Waals surface area (Å²) < 4.78 is 0. The lowest BCUT2D eigenvalue weighted by Crippen LogP contribution is -2.42. The van der Waals surface area contributed by atoms with Gasteiger partial charge in [0.05, 0.1) is 6.04 Å². The van der Waals surface area contributed by atoms with Crippen molar-refractivity contribution in [3.63, 3.8) is 0 Å². The summed E-state index contributed by atoms with van der Waals surface area (Å²) in [4.78, 5) is 13.7. The lowest BCUT2D eigenvalue weighted by Gasteiger charge is -2.19. The largest absolute Gasteiger partial charge is 0.341 e. The Labute approximate surface area is 85.3 Å². The summed E-state index contributed by atoms with van der Waals surface area (Å²) in [6.45, 7) is 2.98. The van der Waals surface area contributed by atoms with Crippen LogP contribution in [0.4, 0.5) is 0 Å². The van der Waals surface area contributed by atoms with E-state index in [1.165, 1.54) is 12.8 Å². The molecule has 2 aliphatic heterocycles. The predicted molar refractivity (Wildman–Crippen MR) is 54.1 cm³/mol. The van der Waals surface area contributed by atoms with Crippen molar-refractivity contribution in [2.24, 2.45) is 0 Å². The Kier molecular flexibility index (Phi) is 4.00. The van der Waals surface area contributed by atoms with Gasteiger partial charge in [0, 0.05) is 13.1 Å². The number of rotatable bonds is 1. The zero-order valence-electron chi connectivity index (χ0n) is 7.79. The van der Waals surface area contributed by atoms with Crippen molar-refractivity contribution in [2.75, 3.05) is 19.6 Å². The molecule has 0 spiro atoms. The number of hydrogen-bond acceptors (Lipinski definition) is 2. The van der Waals surface area contributed by atoms with E-state index in [0.717, 1.165) is 32.5 Å². The Bertz CT molecular complexity index is 156. The predicted octanol–water partition coefficient (Wildman–Crippen LogP) is 0.783. The third kappa shape index (κ3) is 2.35. The van der Waals surface area contributed by atoms with Crippen LogP contribution < -0.4 is 5.32 Å². The first-order valence-electron chi connectivity index (χ1n) is 4.90.